The molecule has 1 saturated heterocycles. The molecule has 8 nitrogen and oxygen atoms in total. The number of benzene rings is 1. The van der Waals surface area contributed by atoms with Gasteiger partial charge >= 0.3 is 6.03 Å². The van der Waals surface area contributed by atoms with E-state index in [-0.39, 0.29) is 35.4 Å². The van der Waals surface area contributed by atoms with Crippen molar-refractivity contribution in [2.24, 2.45) is 16.9 Å². The number of carbonyl (C=O) groups excluding carboxylic acids is 2. The fourth-order valence-corrected chi connectivity index (χ4v) is 5.04. The Bertz CT molecular complexity index is 989. The Kier molecular flexibility index (Phi) is 6.86. The van der Waals surface area contributed by atoms with Crippen molar-refractivity contribution in [3.63, 3.8) is 0 Å². The molecule has 4 rings (SSSR count). The lowest BCUT2D eigenvalue weighted by Crippen LogP contribution is -2.55. The summed E-state index contributed by atoms with van der Waals surface area (Å²) in [5, 5.41) is 9.69. The van der Waals surface area contributed by atoms with Crippen molar-refractivity contribution in [3.05, 3.63) is 35.9 Å². The van der Waals surface area contributed by atoms with Crippen molar-refractivity contribution in [1.29, 1.82) is 0 Å². The number of fused-ring (bicyclic) bond motifs is 1. The molecule has 0 saturated carbocycles. The van der Waals surface area contributed by atoms with Gasteiger partial charge in [-0.2, -0.15) is 5.10 Å². The van der Waals surface area contributed by atoms with Crippen molar-refractivity contribution < 1.29 is 19.1 Å². The molecular weight excluding hydrogens is 432 g/mol. The average Bonchev–Trinajstić information content (AvgIpc) is 2.83. The molecule has 2 heterocycles. The van der Waals surface area contributed by atoms with E-state index in [1.807, 2.05) is 43.9 Å². The Morgan fingerprint density at radius 1 is 1.03 bits per heavy atom. The number of methoxy groups -OCH3 is 2. The Labute approximate surface area is 202 Å². The van der Waals surface area contributed by atoms with Gasteiger partial charge in [0.05, 0.1) is 31.9 Å². The van der Waals surface area contributed by atoms with Crippen LogP contribution < -0.4 is 14.8 Å². The minimum absolute atomic E-state index is 0.0202. The van der Waals surface area contributed by atoms with Gasteiger partial charge in [0.15, 0.2) is 11.5 Å². The number of nitrogens with zero attached hydrogens (tertiary/aromatic N) is 3. The zero-order chi connectivity index (χ0) is 24.5. The van der Waals surface area contributed by atoms with Crippen molar-refractivity contribution in [3.8, 4) is 11.5 Å². The molecule has 0 spiro atoms. The van der Waals surface area contributed by atoms with Crippen LogP contribution in [0.2, 0.25) is 0 Å². The van der Waals surface area contributed by atoms with E-state index in [2.05, 4.69) is 17.5 Å². The number of likely N-dealkylation sites (tertiary alicyclic amines) is 1. The van der Waals surface area contributed by atoms with E-state index in [0.717, 1.165) is 24.1 Å². The van der Waals surface area contributed by atoms with E-state index < -0.39 is 0 Å². The quantitative estimate of drug-likeness (QED) is 0.682. The number of ether oxygens (including phenoxy) is 2. The summed E-state index contributed by atoms with van der Waals surface area (Å²) in [5.41, 5.74) is 1.59. The number of piperidine rings is 1. The maximum atomic E-state index is 13.5. The number of hydrazone groups is 1. The molecule has 3 amide bonds. The predicted octanol–water partition coefficient (Wildman–Crippen LogP) is 3.81. The van der Waals surface area contributed by atoms with Crippen LogP contribution in [0.1, 0.15) is 52.0 Å². The zero-order valence-electron chi connectivity index (χ0n) is 20.8. The molecule has 1 fully saturated rings. The smallest absolute Gasteiger partial charge is 0.317 e. The zero-order valence-corrected chi connectivity index (χ0v) is 20.8. The maximum Gasteiger partial charge on any atom is 0.317 e. The summed E-state index contributed by atoms with van der Waals surface area (Å²) in [4.78, 5) is 27.9. The summed E-state index contributed by atoms with van der Waals surface area (Å²) in [6.07, 6.45) is 7.18. The van der Waals surface area contributed by atoms with Crippen LogP contribution in [-0.2, 0) is 4.79 Å². The first-order chi connectivity index (χ1) is 16.2. The van der Waals surface area contributed by atoms with E-state index in [0.29, 0.717) is 37.4 Å². The molecule has 2 aliphatic heterocycles. The molecule has 3 aliphatic rings. The first-order valence-corrected chi connectivity index (χ1v) is 12.1. The van der Waals surface area contributed by atoms with Crippen LogP contribution in [0.5, 0.6) is 11.5 Å². The number of rotatable bonds is 4. The third-order valence-electron chi connectivity index (χ3n) is 6.80. The molecule has 0 unspecified atom stereocenters. The predicted molar refractivity (Wildman–Crippen MR) is 131 cm³/mol. The third-order valence-corrected chi connectivity index (χ3v) is 6.80. The molecule has 2 atom stereocenters. The third kappa shape index (κ3) is 4.91. The number of amides is 3. The highest BCUT2D eigenvalue weighted by Crippen LogP contribution is 2.38. The summed E-state index contributed by atoms with van der Waals surface area (Å²) < 4.78 is 10.9. The van der Waals surface area contributed by atoms with Gasteiger partial charge < -0.3 is 19.7 Å². The van der Waals surface area contributed by atoms with E-state index in [1.165, 1.54) is 0 Å². The van der Waals surface area contributed by atoms with Gasteiger partial charge in [0.1, 0.15) is 0 Å². The van der Waals surface area contributed by atoms with Crippen LogP contribution in [0, 0.1) is 11.8 Å². The first-order valence-electron chi connectivity index (χ1n) is 12.1. The SMILES string of the molecule is COc1ccc(C2=NN(C3CCN(C(=O)NC(C)(C)C)CC3)C(=O)[C@@H]3CC=CC[C@H]23)cc1OC. The van der Waals surface area contributed by atoms with Gasteiger partial charge in [0.25, 0.3) is 0 Å². The molecule has 184 valence electrons. The summed E-state index contributed by atoms with van der Waals surface area (Å²) in [5.74, 6) is 1.33. The summed E-state index contributed by atoms with van der Waals surface area (Å²) >= 11 is 0. The van der Waals surface area contributed by atoms with Crippen LogP contribution in [0.3, 0.4) is 0 Å². The van der Waals surface area contributed by atoms with Gasteiger partial charge in [-0.05, 0) is 64.7 Å². The first kappa shape index (κ1) is 24.1. The molecule has 1 aromatic carbocycles. The fourth-order valence-electron chi connectivity index (χ4n) is 5.04. The lowest BCUT2D eigenvalue weighted by Gasteiger charge is -2.42. The number of carbonyl (C=O) groups is 2. The van der Waals surface area contributed by atoms with Crippen LogP contribution in [-0.4, -0.2) is 66.4 Å². The molecular formula is C26H36N4O4. The molecule has 34 heavy (non-hydrogen) atoms. The standard InChI is InChI=1S/C26H36N4O4/c1-26(2,3)27-25(32)29-14-12-18(13-15-29)30-24(31)20-9-7-6-8-19(20)23(28-30)17-10-11-21(33-4)22(16-17)34-5/h6-7,10-11,16,18-20H,8-9,12-15H2,1-5H3,(H,27,32)/t19-,20+/m0/s1. The Balaban J connectivity index is 1.58. The number of hydrogen-bond acceptors (Lipinski definition) is 5. The lowest BCUT2D eigenvalue weighted by atomic mass is 9.76. The number of allylic oxidation sites excluding steroid dienone is 2. The van der Waals surface area contributed by atoms with E-state index in [9.17, 15) is 9.59 Å². The normalized spacial score (nSPS) is 23.3. The lowest BCUT2D eigenvalue weighted by molar-refractivity contribution is -0.141. The van der Waals surface area contributed by atoms with Crippen molar-refractivity contribution in [1.82, 2.24) is 15.2 Å². The van der Waals surface area contributed by atoms with Gasteiger partial charge in [-0.15, -0.1) is 0 Å². The minimum Gasteiger partial charge on any atom is -0.493 e. The molecule has 0 radical (unpaired) electrons. The fraction of sp³-hybridized carbons (Fsp3) is 0.577. The molecule has 1 N–H and O–H groups in total. The monoisotopic (exact) mass is 468 g/mol. The van der Waals surface area contributed by atoms with Crippen LogP contribution in [0.25, 0.3) is 0 Å². The van der Waals surface area contributed by atoms with Crippen molar-refractivity contribution in [2.75, 3.05) is 27.3 Å². The molecule has 0 bridgehead atoms. The van der Waals surface area contributed by atoms with Crippen LogP contribution >= 0.6 is 0 Å². The number of hydrogen-bond donors (Lipinski definition) is 1. The van der Waals surface area contributed by atoms with Crippen LogP contribution in [0.4, 0.5) is 4.79 Å². The topological polar surface area (TPSA) is 83.5 Å². The van der Waals surface area contributed by atoms with E-state index in [1.54, 1.807) is 19.2 Å². The largest absolute Gasteiger partial charge is 0.493 e. The van der Waals surface area contributed by atoms with Gasteiger partial charge in [-0.3, -0.25) is 4.79 Å². The van der Waals surface area contributed by atoms with Gasteiger partial charge in [-0.25, -0.2) is 9.80 Å². The van der Waals surface area contributed by atoms with Crippen molar-refractivity contribution >= 4 is 17.6 Å². The maximum absolute atomic E-state index is 13.5. The Hall–Kier alpha value is -3.03. The Morgan fingerprint density at radius 2 is 1.68 bits per heavy atom. The Morgan fingerprint density at radius 3 is 2.29 bits per heavy atom. The van der Waals surface area contributed by atoms with Gasteiger partial charge in [-0.1, -0.05) is 12.2 Å². The van der Waals surface area contributed by atoms with Crippen molar-refractivity contribution in [2.45, 2.75) is 58.0 Å². The second kappa shape index (κ2) is 9.68. The minimum atomic E-state index is -0.279. The van der Waals surface area contributed by atoms with Crippen LogP contribution in [0.15, 0.2) is 35.5 Å². The highest BCUT2D eigenvalue weighted by Gasteiger charge is 2.43. The summed E-state index contributed by atoms with van der Waals surface area (Å²) in [6, 6.07) is 5.75. The molecule has 1 aliphatic carbocycles. The highest BCUT2D eigenvalue weighted by molar-refractivity contribution is 6.07. The number of nitrogens with one attached hydrogen (secondary N) is 1. The second-order valence-corrected chi connectivity index (χ2v) is 10.3. The van der Waals surface area contributed by atoms with Gasteiger partial charge in [0.2, 0.25) is 5.91 Å². The average molecular weight is 469 g/mol. The van der Waals surface area contributed by atoms with E-state index in [4.69, 9.17) is 14.6 Å². The number of urea groups is 1. The van der Waals surface area contributed by atoms with E-state index >= 15 is 0 Å². The second-order valence-electron chi connectivity index (χ2n) is 10.3. The summed E-state index contributed by atoms with van der Waals surface area (Å²) in [7, 11) is 3.24. The van der Waals surface area contributed by atoms with Gasteiger partial charge in [0, 0.05) is 30.1 Å². The summed E-state index contributed by atoms with van der Waals surface area (Å²) in [6.45, 7) is 7.13. The molecule has 8 heteroatoms. The molecule has 0 aromatic heterocycles. The highest BCUT2D eigenvalue weighted by atomic mass is 16.5. The molecule has 1 aromatic rings.